The molecule has 0 N–H and O–H groups in total. The Morgan fingerprint density at radius 1 is 1.45 bits per heavy atom. The van der Waals surface area contributed by atoms with Crippen LogP contribution in [0.2, 0.25) is 0 Å². The minimum absolute atomic E-state index is 0.776. The van der Waals surface area contributed by atoms with E-state index in [9.17, 15) is 4.79 Å². The van der Waals surface area contributed by atoms with Crippen molar-refractivity contribution in [1.29, 1.82) is 0 Å². The van der Waals surface area contributed by atoms with Crippen molar-refractivity contribution in [1.82, 2.24) is 0 Å². The Hall–Kier alpha value is -0.850. The molecule has 0 unspecified atom stereocenters. The lowest BCUT2D eigenvalue weighted by molar-refractivity contribution is -0.104. The van der Waals surface area contributed by atoms with Gasteiger partial charge < -0.3 is 0 Å². The van der Waals surface area contributed by atoms with Gasteiger partial charge in [0.1, 0.15) is 6.29 Å². The molecule has 0 aromatic heterocycles. The molecule has 0 saturated carbocycles. The molecule has 1 nitrogen and oxygen atoms in total. The van der Waals surface area contributed by atoms with Crippen LogP contribution in [0.1, 0.15) is 33.1 Å². The first-order valence-electron chi connectivity index (χ1n) is 4.10. The van der Waals surface area contributed by atoms with Crippen molar-refractivity contribution in [3.8, 4) is 0 Å². The molecule has 1 heteroatoms. The summed E-state index contributed by atoms with van der Waals surface area (Å²) in [7, 11) is 0. The van der Waals surface area contributed by atoms with Crippen LogP contribution in [-0.2, 0) is 4.79 Å². The lowest BCUT2D eigenvalue weighted by atomic mass is 10.2. The third kappa shape index (κ3) is 7.04. The Labute approximate surface area is 68.8 Å². The van der Waals surface area contributed by atoms with E-state index in [1.807, 2.05) is 12.2 Å². The quantitative estimate of drug-likeness (QED) is 0.256. The highest BCUT2D eigenvalue weighted by molar-refractivity contribution is 5.72. The fourth-order valence-corrected chi connectivity index (χ4v) is 0.677. The van der Waals surface area contributed by atoms with Gasteiger partial charge in [-0.1, -0.05) is 38.0 Å². The summed E-state index contributed by atoms with van der Waals surface area (Å²) in [5, 5.41) is 0. The number of hydrogen-bond donors (Lipinski definition) is 0. The average Bonchev–Trinajstić information content (AvgIpc) is 2.04. The highest BCUT2D eigenvalue weighted by Gasteiger charge is 1.79. The normalized spacial score (nSPS) is 12.4. The Balaban J connectivity index is 3.50. The Bertz CT molecular complexity index is 154. The summed E-state index contributed by atoms with van der Waals surface area (Å²) in [6.07, 6.45) is 10.3. The predicted octanol–water partition coefficient (Wildman–Crippen LogP) is 2.88. The van der Waals surface area contributed by atoms with E-state index in [0.29, 0.717) is 0 Å². The monoisotopic (exact) mass is 152 g/mol. The highest BCUT2D eigenvalue weighted by atomic mass is 16.1. The number of unbranched alkanes of at least 4 members (excludes halogenated alkanes) is 2. The van der Waals surface area contributed by atoms with Crippen molar-refractivity contribution in [2.75, 3.05) is 0 Å². The summed E-state index contributed by atoms with van der Waals surface area (Å²) >= 11 is 0. The molecule has 0 spiro atoms. The maximum atomic E-state index is 10.1. The molecule has 0 saturated heterocycles. The van der Waals surface area contributed by atoms with Crippen LogP contribution in [0.3, 0.4) is 0 Å². The number of allylic oxidation sites excluding steroid dienone is 4. The maximum absolute atomic E-state index is 10.1. The number of aldehydes is 1. The minimum atomic E-state index is 0.776. The van der Waals surface area contributed by atoms with E-state index in [4.69, 9.17) is 0 Å². The SMILES string of the molecule is CCCC/C=C/C=C(\C)C=O. The second-order valence-corrected chi connectivity index (χ2v) is 2.60. The zero-order valence-corrected chi connectivity index (χ0v) is 7.34. The fraction of sp³-hybridized carbons (Fsp3) is 0.500. The molecule has 0 atom stereocenters. The molecule has 0 aliphatic carbocycles. The Kier molecular flexibility index (Phi) is 6.70. The van der Waals surface area contributed by atoms with Gasteiger partial charge in [0.05, 0.1) is 0 Å². The standard InChI is InChI=1S/C10H16O/c1-3-4-5-6-7-8-10(2)9-11/h6-9H,3-5H2,1-2H3/b7-6+,10-8+. The molecule has 0 amide bonds. The van der Waals surface area contributed by atoms with Gasteiger partial charge in [0.2, 0.25) is 0 Å². The smallest absolute Gasteiger partial charge is 0.145 e. The zero-order chi connectivity index (χ0) is 8.53. The van der Waals surface area contributed by atoms with Gasteiger partial charge in [-0.15, -0.1) is 0 Å². The molecule has 62 valence electrons. The molecular formula is C10H16O. The number of carbonyl (C=O) groups is 1. The van der Waals surface area contributed by atoms with Crippen LogP contribution in [0.5, 0.6) is 0 Å². The zero-order valence-electron chi connectivity index (χ0n) is 7.34. The van der Waals surface area contributed by atoms with Gasteiger partial charge in [-0.05, 0) is 18.9 Å². The summed E-state index contributed by atoms with van der Waals surface area (Å²) < 4.78 is 0. The van der Waals surface area contributed by atoms with E-state index < -0.39 is 0 Å². The van der Waals surface area contributed by atoms with Gasteiger partial charge in [-0.2, -0.15) is 0 Å². The minimum Gasteiger partial charge on any atom is -0.298 e. The molecular weight excluding hydrogens is 136 g/mol. The molecule has 11 heavy (non-hydrogen) atoms. The second-order valence-electron chi connectivity index (χ2n) is 2.60. The van der Waals surface area contributed by atoms with Gasteiger partial charge in [-0.3, -0.25) is 4.79 Å². The van der Waals surface area contributed by atoms with E-state index in [-0.39, 0.29) is 0 Å². The molecule has 0 rings (SSSR count). The Morgan fingerprint density at radius 2 is 2.18 bits per heavy atom. The van der Waals surface area contributed by atoms with Crippen LogP contribution < -0.4 is 0 Å². The molecule has 0 radical (unpaired) electrons. The van der Waals surface area contributed by atoms with Gasteiger partial charge in [0.15, 0.2) is 0 Å². The van der Waals surface area contributed by atoms with Crippen LogP contribution in [0, 0.1) is 0 Å². The van der Waals surface area contributed by atoms with E-state index in [1.54, 1.807) is 6.92 Å². The van der Waals surface area contributed by atoms with Crippen molar-refractivity contribution in [3.63, 3.8) is 0 Å². The second kappa shape index (κ2) is 7.26. The first-order valence-corrected chi connectivity index (χ1v) is 4.10. The summed E-state index contributed by atoms with van der Waals surface area (Å²) in [6.45, 7) is 3.97. The molecule has 0 heterocycles. The van der Waals surface area contributed by atoms with Crippen molar-refractivity contribution in [2.45, 2.75) is 33.1 Å². The molecule has 0 aliphatic heterocycles. The van der Waals surface area contributed by atoms with E-state index in [2.05, 4.69) is 13.0 Å². The third-order valence-corrected chi connectivity index (χ3v) is 1.41. The average molecular weight is 152 g/mol. The lowest BCUT2D eigenvalue weighted by Crippen LogP contribution is -1.72. The number of hydrogen-bond acceptors (Lipinski definition) is 1. The molecule has 0 aliphatic rings. The molecule has 0 bridgehead atoms. The topological polar surface area (TPSA) is 17.1 Å². The summed E-state index contributed by atoms with van der Waals surface area (Å²) in [5.74, 6) is 0. The Morgan fingerprint density at radius 3 is 2.73 bits per heavy atom. The van der Waals surface area contributed by atoms with Gasteiger partial charge in [0.25, 0.3) is 0 Å². The van der Waals surface area contributed by atoms with Crippen molar-refractivity contribution in [2.24, 2.45) is 0 Å². The number of rotatable bonds is 5. The highest BCUT2D eigenvalue weighted by Crippen LogP contribution is 1.95. The molecule has 0 fully saturated rings. The van der Waals surface area contributed by atoms with Crippen molar-refractivity contribution < 1.29 is 4.79 Å². The van der Waals surface area contributed by atoms with Crippen molar-refractivity contribution >= 4 is 6.29 Å². The largest absolute Gasteiger partial charge is 0.298 e. The summed E-state index contributed by atoms with van der Waals surface area (Å²) in [6, 6.07) is 0. The van der Waals surface area contributed by atoms with Crippen LogP contribution in [0.25, 0.3) is 0 Å². The van der Waals surface area contributed by atoms with Gasteiger partial charge in [-0.25, -0.2) is 0 Å². The lowest BCUT2D eigenvalue weighted by Gasteiger charge is -1.86. The van der Waals surface area contributed by atoms with Crippen LogP contribution in [-0.4, -0.2) is 6.29 Å². The van der Waals surface area contributed by atoms with E-state index >= 15 is 0 Å². The number of carbonyl (C=O) groups excluding carboxylic acids is 1. The van der Waals surface area contributed by atoms with Gasteiger partial charge in [0, 0.05) is 0 Å². The molecule has 0 aromatic rings. The van der Waals surface area contributed by atoms with Crippen LogP contribution >= 0.6 is 0 Å². The summed E-state index contributed by atoms with van der Waals surface area (Å²) in [4.78, 5) is 10.1. The van der Waals surface area contributed by atoms with Crippen LogP contribution in [0.15, 0.2) is 23.8 Å². The first-order chi connectivity index (χ1) is 5.31. The fourth-order valence-electron chi connectivity index (χ4n) is 0.677. The van der Waals surface area contributed by atoms with Crippen LogP contribution in [0.4, 0.5) is 0 Å². The van der Waals surface area contributed by atoms with Gasteiger partial charge >= 0.3 is 0 Å². The van der Waals surface area contributed by atoms with E-state index in [1.165, 1.54) is 12.8 Å². The summed E-state index contributed by atoms with van der Waals surface area (Å²) in [5.41, 5.74) is 0.776. The predicted molar refractivity (Wildman–Crippen MR) is 48.5 cm³/mol. The molecule has 0 aromatic carbocycles. The third-order valence-electron chi connectivity index (χ3n) is 1.41. The van der Waals surface area contributed by atoms with Crippen molar-refractivity contribution in [3.05, 3.63) is 23.8 Å². The maximum Gasteiger partial charge on any atom is 0.145 e. The first kappa shape index (κ1) is 10.2. The van der Waals surface area contributed by atoms with E-state index in [0.717, 1.165) is 18.3 Å².